The standard InChI is InChI=1S/C26H23FN2O5/c1-17-5-2-3-8-22(17)29-26(33)19-6-4-7-21(15-19)28-24(31)13-14-25(32)34-16-23(30)18-9-11-20(27)12-10-18/h2-12,15H,13-14,16H2,1H3,(H,28,31)(H,29,33). The van der Waals surface area contributed by atoms with E-state index in [1.807, 2.05) is 25.1 Å². The molecule has 174 valence electrons. The predicted molar refractivity (Wildman–Crippen MR) is 125 cm³/mol. The quantitative estimate of drug-likeness (QED) is 0.359. The molecule has 0 aliphatic carbocycles. The Morgan fingerprint density at radius 3 is 2.29 bits per heavy atom. The Morgan fingerprint density at radius 1 is 0.824 bits per heavy atom. The lowest BCUT2D eigenvalue weighted by Gasteiger charge is -2.10. The third-order valence-corrected chi connectivity index (χ3v) is 4.89. The van der Waals surface area contributed by atoms with Crippen molar-refractivity contribution in [1.29, 1.82) is 0 Å². The predicted octanol–water partition coefficient (Wildman–Crippen LogP) is 4.53. The van der Waals surface area contributed by atoms with Crippen LogP contribution in [0.1, 0.15) is 39.1 Å². The highest BCUT2D eigenvalue weighted by Gasteiger charge is 2.13. The second-order valence-electron chi connectivity index (χ2n) is 7.49. The molecule has 0 aliphatic rings. The van der Waals surface area contributed by atoms with Gasteiger partial charge in [-0.1, -0.05) is 24.3 Å². The van der Waals surface area contributed by atoms with Gasteiger partial charge in [-0.2, -0.15) is 0 Å². The maximum atomic E-state index is 12.9. The van der Waals surface area contributed by atoms with Crippen molar-refractivity contribution >= 4 is 34.9 Å². The highest BCUT2D eigenvalue weighted by Crippen LogP contribution is 2.17. The number of aryl methyl sites for hydroxylation is 1. The summed E-state index contributed by atoms with van der Waals surface area (Å²) >= 11 is 0. The van der Waals surface area contributed by atoms with Crippen LogP contribution in [0, 0.1) is 12.7 Å². The molecule has 0 aromatic heterocycles. The van der Waals surface area contributed by atoms with E-state index in [0.29, 0.717) is 16.9 Å². The summed E-state index contributed by atoms with van der Waals surface area (Å²) in [5.41, 5.74) is 2.60. The summed E-state index contributed by atoms with van der Waals surface area (Å²) in [4.78, 5) is 48.6. The summed E-state index contributed by atoms with van der Waals surface area (Å²) in [5, 5.41) is 5.46. The number of carbonyl (C=O) groups excluding carboxylic acids is 4. The van der Waals surface area contributed by atoms with E-state index >= 15 is 0 Å². The molecular formula is C26H23FN2O5. The average molecular weight is 462 g/mol. The van der Waals surface area contributed by atoms with Crippen LogP contribution >= 0.6 is 0 Å². The van der Waals surface area contributed by atoms with Crippen LogP contribution in [0.5, 0.6) is 0 Å². The van der Waals surface area contributed by atoms with Crippen molar-refractivity contribution in [1.82, 2.24) is 0 Å². The first-order valence-corrected chi connectivity index (χ1v) is 10.5. The summed E-state index contributed by atoms with van der Waals surface area (Å²) in [5.74, 6) is -2.43. The molecule has 2 N–H and O–H groups in total. The Kier molecular flexibility index (Phi) is 8.23. The van der Waals surface area contributed by atoms with Gasteiger partial charge in [0, 0.05) is 28.9 Å². The smallest absolute Gasteiger partial charge is 0.306 e. The molecule has 3 aromatic rings. The number of para-hydroxylation sites is 1. The maximum absolute atomic E-state index is 12.9. The molecule has 0 saturated heterocycles. The number of esters is 1. The largest absolute Gasteiger partial charge is 0.457 e. The van der Waals surface area contributed by atoms with E-state index in [-0.39, 0.29) is 24.3 Å². The minimum absolute atomic E-state index is 0.163. The summed E-state index contributed by atoms with van der Waals surface area (Å²) in [7, 11) is 0. The lowest BCUT2D eigenvalue weighted by Crippen LogP contribution is -2.18. The molecule has 0 aliphatic heterocycles. The van der Waals surface area contributed by atoms with Crippen LogP contribution in [0.25, 0.3) is 0 Å². The maximum Gasteiger partial charge on any atom is 0.306 e. The number of Topliss-reactive ketones (excluding diaryl/α,β-unsaturated/α-hetero) is 1. The Labute approximate surface area is 195 Å². The molecule has 34 heavy (non-hydrogen) atoms. The van der Waals surface area contributed by atoms with Gasteiger partial charge in [-0.3, -0.25) is 19.2 Å². The Hall–Kier alpha value is -4.33. The van der Waals surface area contributed by atoms with Crippen molar-refractivity contribution in [3.8, 4) is 0 Å². The Balaban J connectivity index is 1.46. The third kappa shape index (κ3) is 7.09. The Morgan fingerprint density at radius 2 is 1.56 bits per heavy atom. The number of nitrogens with one attached hydrogen (secondary N) is 2. The van der Waals surface area contributed by atoms with Crippen LogP contribution in [0.4, 0.5) is 15.8 Å². The number of anilines is 2. The zero-order valence-electron chi connectivity index (χ0n) is 18.5. The minimum atomic E-state index is -0.711. The van der Waals surface area contributed by atoms with Gasteiger partial charge in [0.15, 0.2) is 12.4 Å². The van der Waals surface area contributed by atoms with E-state index in [9.17, 15) is 23.6 Å². The van der Waals surface area contributed by atoms with Gasteiger partial charge < -0.3 is 15.4 Å². The molecule has 3 aromatic carbocycles. The van der Waals surface area contributed by atoms with Gasteiger partial charge in [-0.25, -0.2) is 4.39 Å². The second kappa shape index (κ2) is 11.5. The normalized spacial score (nSPS) is 10.3. The van der Waals surface area contributed by atoms with Crippen LogP contribution in [0.3, 0.4) is 0 Å². The van der Waals surface area contributed by atoms with Crippen LogP contribution in [-0.4, -0.2) is 30.2 Å². The zero-order chi connectivity index (χ0) is 24.5. The Bertz CT molecular complexity index is 1210. The number of benzene rings is 3. The molecule has 0 radical (unpaired) electrons. The molecule has 3 rings (SSSR count). The van der Waals surface area contributed by atoms with Gasteiger partial charge >= 0.3 is 5.97 Å². The molecule has 0 heterocycles. The molecule has 0 atom stereocenters. The fraction of sp³-hybridized carbons (Fsp3) is 0.154. The van der Waals surface area contributed by atoms with Crippen molar-refractivity contribution in [2.45, 2.75) is 19.8 Å². The SMILES string of the molecule is Cc1ccccc1NC(=O)c1cccc(NC(=O)CCC(=O)OCC(=O)c2ccc(F)cc2)c1. The van der Waals surface area contributed by atoms with E-state index < -0.39 is 30.1 Å². The number of hydrogen-bond acceptors (Lipinski definition) is 5. The summed E-state index contributed by atoms with van der Waals surface area (Å²) in [6.07, 6.45) is -0.390. The number of carbonyl (C=O) groups is 4. The van der Waals surface area contributed by atoms with Crippen LogP contribution < -0.4 is 10.6 Å². The fourth-order valence-electron chi connectivity index (χ4n) is 3.02. The van der Waals surface area contributed by atoms with E-state index in [2.05, 4.69) is 10.6 Å². The lowest BCUT2D eigenvalue weighted by molar-refractivity contribution is -0.143. The first kappa shape index (κ1) is 24.3. The lowest BCUT2D eigenvalue weighted by atomic mass is 10.1. The first-order chi connectivity index (χ1) is 16.3. The summed E-state index contributed by atoms with van der Waals surface area (Å²) < 4.78 is 17.8. The second-order valence-corrected chi connectivity index (χ2v) is 7.49. The number of ketones is 1. The number of rotatable bonds is 9. The molecular weight excluding hydrogens is 439 g/mol. The van der Waals surface area contributed by atoms with Crippen molar-refractivity contribution in [3.63, 3.8) is 0 Å². The zero-order valence-corrected chi connectivity index (χ0v) is 18.5. The van der Waals surface area contributed by atoms with Gasteiger partial charge in [0.25, 0.3) is 5.91 Å². The van der Waals surface area contributed by atoms with Crippen molar-refractivity contribution < 1.29 is 28.3 Å². The van der Waals surface area contributed by atoms with Crippen LogP contribution in [-0.2, 0) is 14.3 Å². The molecule has 8 heteroatoms. The topological polar surface area (TPSA) is 102 Å². The summed E-state index contributed by atoms with van der Waals surface area (Å²) in [6.45, 7) is 1.39. The minimum Gasteiger partial charge on any atom is -0.457 e. The van der Waals surface area contributed by atoms with E-state index in [4.69, 9.17) is 4.74 Å². The number of hydrogen-bond donors (Lipinski definition) is 2. The van der Waals surface area contributed by atoms with E-state index in [1.54, 1.807) is 24.3 Å². The van der Waals surface area contributed by atoms with Gasteiger partial charge in [-0.05, 0) is 61.0 Å². The number of amides is 2. The average Bonchev–Trinajstić information content (AvgIpc) is 2.83. The van der Waals surface area contributed by atoms with Gasteiger partial charge in [0.1, 0.15) is 5.82 Å². The molecule has 7 nitrogen and oxygen atoms in total. The first-order valence-electron chi connectivity index (χ1n) is 10.5. The summed E-state index contributed by atoms with van der Waals surface area (Å²) in [6, 6.07) is 18.7. The molecule has 0 saturated carbocycles. The van der Waals surface area contributed by atoms with Gasteiger partial charge in [-0.15, -0.1) is 0 Å². The third-order valence-electron chi connectivity index (χ3n) is 4.89. The van der Waals surface area contributed by atoms with Crippen molar-refractivity contribution in [2.24, 2.45) is 0 Å². The number of ether oxygens (including phenoxy) is 1. The fourth-order valence-corrected chi connectivity index (χ4v) is 3.02. The van der Waals surface area contributed by atoms with Crippen molar-refractivity contribution in [2.75, 3.05) is 17.2 Å². The van der Waals surface area contributed by atoms with E-state index in [0.717, 1.165) is 17.7 Å². The monoisotopic (exact) mass is 462 g/mol. The van der Waals surface area contributed by atoms with Crippen LogP contribution in [0.2, 0.25) is 0 Å². The highest BCUT2D eigenvalue weighted by molar-refractivity contribution is 6.05. The molecule has 0 spiro atoms. The van der Waals surface area contributed by atoms with Crippen LogP contribution in [0.15, 0.2) is 72.8 Å². The van der Waals surface area contributed by atoms with Gasteiger partial charge in [0.2, 0.25) is 5.91 Å². The number of halogens is 1. The van der Waals surface area contributed by atoms with Gasteiger partial charge in [0.05, 0.1) is 6.42 Å². The van der Waals surface area contributed by atoms with Crippen molar-refractivity contribution in [3.05, 3.63) is 95.3 Å². The highest BCUT2D eigenvalue weighted by atomic mass is 19.1. The molecule has 0 fully saturated rings. The van der Waals surface area contributed by atoms with E-state index in [1.165, 1.54) is 18.2 Å². The molecule has 0 bridgehead atoms. The molecule has 2 amide bonds. The molecule has 0 unspecified atom stereocenters.